The molecule has 0 aliphatic rings. The number of carbonyl (C=O) groups is 3. The van der Waals surface area contributed by atoms with Crippen molar-refractivity contribution in [1.82, 2.24) is 0 Å². The zero-order valence-electron chi connectivity index (χ0n) is 19.6. The maximum Gasteiger partial charge on any atom is 0.345 e. The predicted molar refractivity (Wildman–Crippen MR) is 121 cm³/mol. The molecule has 32 heavy (non-hydrogen) atoms. The van der Waals surface area contributed by atoms with E-state index in [-0.39, 0.29) is 12.7 Å². The van der Waals surface area contributed by atoms with Crippen LogP contribution in [0.4, 0.5) is 0 Å². The van der Waals surface area contributed by atoms with Crippen LogP contribution in [-0.4, -0.2) is 63.1 Å². The fourth-order valence-corrected chi connectivity index (χ4v) is 3.47. The standard InChI is InChI=1S/C24H44O8/c1-2-3-4-5-6-7-8-9-10-11-12-13-14-15-16-17-20(27)32-24(31)23(30)22(29)21(28)19(26)18-25/h18-19,21-23,26,28-30H,2-17H2,1H3/t19-,21+,22-,23-/m0/s1. The van der Waals surface area contributed by atoms with Gasteiger partial charge in [0.1, 0.15) is 18.3 Å². The van der Waals surface area contributed by atoms with Gasteiger partial charge in [0, 0.05) is 6.42 Å². The third kappa shape index (κ3) is 15.5. The Bertz CT molecular complexity index is 496. The van der Waals surface area contributed by atoms with Gasteiger partial charge in [-0.05, 0) is 6.42 Å². The number of ether oxygens (including phenoxy) is 1. The molecule has 0 aromatic heterocycles. The first-order chi connectivity index (χ1) is 15.3. The smallest absolute Gasteiger partial charge is 0.345 e. The SMILES string of the molecule is CCCCCCCCCCCCCCCCCC(=O)OC(=O)[C@@H](O)[C@@H](O)[C@H](O)[C@@H](O)C=O. The van der Waals surface area contributed by atoms with Crippen LogP contribution >= 0.6 is 0 Å². The Hall–Kier alpha value is -1.35. The number of hydrogen-bond donors (Lipinski definition) is 4. The van der Waals surface area contributed by atoms with Gasteiger partial charge in [-0.25, -0.2) is 4.79 Å². The van der Waals surface area contributed by atoms with Crippen LogP contribution in [0.3, 0.4) is 0 Å². The van der Waals surface area contributed by atoms with Gasteiger partial charge in [0.05, 0.1) is 0 Å². The Labute approximate surface area is 192 Å². The summed E-state index contributed by atoms with van der Waals surface area (Å²) in [6.07, 6.45) is 9.41. The van der Waals surface area contributed by atoms with E-state index in [9.17, 15) is 29.7 Å². The molecule has 0 amide bonds. The summed E-state index contributed by atoms with van der Waals surface area (Å²) < 4.78 is 4.45. The van der Waals surface area contributed by atoms with E-state index in [4.69, 9.17) is 5.11 Å². The van der Waals surface area contributed by atoms with E-state index in [1.165, 1.54) is 70.6 Å². The first-order valence-corrected chi connectivity index (χ1v) is 12.3. The van der Waals surface area contributed by atoms with E-state index < -0.39 is 36.4 Å². The van der Waals surface area contributed by atoms with Gasteiger partial charge in [-0.15, -0.1) is 0 Å². The Morgan fingerprint density at radius 1 is 0.688 bits per heavy atom. The van der Waals surface area contributed by atoms with Gasteiger partial charge in [0.25, 0.3) is 0 Å². The second-order valence-electron chi connectivity index (χ2n) is 8.55. The van der Waals surface area contributed by atoms with Gasteiger partial charge >= 0.3 is 11.9 Å². The summed E-state index contributed by atoms with van der Waals surface area (Å²) in [5.74, 6) is -2.26. The summed E-state index contributed by atoms with van der Waals surface area (Å²) in [4.78, 5) is 33.7. The van der Waals surface area contributed by atoms with Gasteiger partial charge < -0.3 is 30.0 Å². The number of aliphatic hydroxyl groups is 4. The van der Waals surface area contributed by atoms with Crippen molar-refractivity contribution in [2.75, 3.05) is 0 Å². The number of unbranched alkanes of at least 4 members (excludes halogenated alkanes) is 14. The van der Waals surface area contributed by atoms with Gasteiger partial charge in [-0.1, -0.05) is 96.8 Å². The van der Waals surface area contributed by atoms with Crippen molar-refractivity contribution in [2.45, 2.75) is 134 Å². The van der Waals surface area contributed by atoms with E-state index in [0.29, 0.717) is 6.42 Å². The van der Waals surface area contributed by atoms with Crippen molar-refractivity contribution in [3.05, 3.63) is 0 Å². The molecule has 0 radical (unpaired) electrons. The van der Waals surface area contributed by atoms with Crippen molar-refractivity contribution < 1.29 is 39.5 Å². The van der Waals surface area contributed by atoms with Crippen LogP contribution in [0.15, 0.2) is 0 Å². The molecular weight excluding hydrogens is 416 g/mol. The van der Waals surface area contributed by atoms with Crippen LogP contribution in [0.25, 0.3) is 0 Å². The molecule has 0 aromatic carbocycles. The van der Waals surface area contributed by atoms with E-state index >= 15 is 0 Å². The Balaban J connectivity index is 3.63. The number of carbonyl (C=O) groups excluding carboxylic acids is 3. The molecule has 8 heteroatoms. The summed E-state index contributed by atoms with van der Waals surface area (Å²) in [5.41, 5.74) is 0. The van der Waals surface area contributed by atoms with Crippen LogP contribution in [0, 0.1) is 0 Å². The first kappa shape index (κ1) is 30.6. The normalized spacial score (nSPS) is 15.0. The lowest BCUT2D eigenvalue weighted by molar-refractivity contribution is -0.176. The summed E-state index contributed by atoms with van der Waals surface area (Å²) in [5, 5.41) is 37.7. The molecule has 0 aliphatic carbocycles. The number of aldehydes is 1. The quantitative estimate of drug-likeness (QED) is 0.0886. The van der Waals surface area contributed by atoms with Crippen molar-refractivity contribution in [3.8, 4) is 0 Å². The molecule has 188 valence electrons. The molecule has 0 saturated heterocycles. The molecule has 0 saturated carbocycles. The van der Waals surface area contributed by atoms with E-state index in [0.717, 1.165) is 19.3 Å². The zero-order chi connectivity index (χ0) is 24.2. The van der Waals surface area contributed by atoms with Crippen LogP contribution in [0.1, 0.15) is 110 Å². The Morgan fingerprint density at radius 3 is 1.50 bits per heavy atom. The maximum absolute atomic E-state index is 11.7. The van der Waals surface area contributed by atoms with Crippen molar-refractivity contribution in [1.29, 1.82) is 0 Å². The molecular formula is C24H44O8. The van der Waals surface area contributed by atoms with Gasteiger partial charge in [-0.2, -0.15) is 0 Å². The number of esters is 2. The minimum atomic E-state index is -2.25. The third-order valence-electron chi connectivity index (χ3n) is 5.60. The van der Waals surface area contributed by atoms with E-state index in [1.807, 2.05) is 0 Å². The second kappa shape index (κ2) is 20.3. The summed E-state index contributed by atoms with van der Waals surface area (Å²) >= 11 is 0. The van der Waals surface area contributed by atoms with Gasteiger partial charge in [0.2, 0.25) is 0 Å². The molecule has 0 bridgehead atoms. The summed E-state index contributed by atoms with van der Waals surface area (Å²) in [7, 11) is 0. The highest BCUT2D eigenvalue weighted by Gasteiger charge is 2.36. The minimum absolute atomic E-state index is 0.00628. The van der Waals surface area contributed by atoms with Crippen molar-refractivity contribution in [3.63, 3.8) is 0 Å². The van der Waals surface area contributed by atoms with Crippen LogP contribution < -0.4 is 0 Å². The minimum Gasteiger partial charge on any atom is -0.391 e. The molecule has 0 aliphatic heterocycles. The average Bonchev–Trinajstić information content (AvgIpc) is 2.79. The monoisotopic (exact) mass is 460 g/mol. The molecule has 0 aromatic rings. The molecule has 8 nitrogen and oxygen atoms in total. The Morgan fingerprint density at radius 2 is 1.09 bits per heavy atom. The topological polar surface area (TPSA) is 141 Å². The van der Waals surface area contributed by atoms with Gasteiger partial charge in [-0.3, -0.25) is 4.79 Å². The van der Waals surface area contributed by atoms with Crippen LogP contribution in [0.5, 0.6) is 0 Å². The van der Waals surface area contributed by atoms with E-state index in [1.54, 1.807) is 0 Å². The fourth-order valence-electron chi connectivity index (χ4n) is 3.47. The summed E-state index contributed by atoms with van der Waals surface area (Å²) in [6.45, 7) is 2.24. The molecule has 0 fully saturated rings. The van der Waals surface area contributed by atoms with Crippen LogP contribution in [0.2, 0.25) is 0 Å². The van der Waals surface area contributed by atoms with Gasteiger partial charge in [0.15, 0.2) is 12.4 Å². The number of rotatable bonds is 21. The maximum atomic E-state index is 11.7. The molecule has 0 spiro atoms. The average molecular weight is 461 g/mol. The fraction of sp³-hybridized carbons (Fsp3) is 0.875. The molecule has 4 atom stereocenters. The van der Waals surface area contributed by atoms with Crippen molar-refractivity contribution >= 4 is 18.2 Å². The highest BCUT2D eigenvalue weighted by atomic mass is 16.6. The lowest BCUT2D eigenvalue weighted by Crippen LogP contribution is -2.48. The predicted octanol–water partition coefficient (Wildman–Crippen LogP) is 2.96. The molecule has 0 rings (SSSR count). The third-order valence-corrected chi connectivity index (χ3v) is 5.60. The molecule has 4 N–H and O–H groups in total. The lowest BCUT2D eigenvalue weighted by Gasteiger charge is -2.22. The lowest BCUT2D eigenvalue weighted by atomic mass is 10.0. The van der Waals surface area contributed by atoms with Crippen molar-refractivity contribution in [2.24, 2.45) is 0 Å². The Kier molecular flexibility index (Phi) is 19.4. The molecule has 0 heterocycles. The highest BCUT2D eigenvalue weighted by molar-refractivity contribution is 5.88. The highest BCUT2D eigenvalue weighted by Crippen LogP contribution is 2.14. The molecule has 0 unspecified atom stereocenters. The zero-order valence-corrected chi connectivity index (χ0v) is 19.6. The number of hydrogen-bond acceptors (Lipinski definition) is 8. The summed E-state index contributed by atoms with van der Waals surface area (Å²) in [6, 6.07) is 0. The second-order valence-corrected chi connectivity index (χ2v) is 8.55. The largest absolute Gasteiger partial charge is 0.391 e. The van der Waals surface area contributed by atoms with Crippen LogP contribution in [-0.2, 0) is 19.1 Å². The number of aliphatic hydroxyl groups excluding tert-OH is 4. The first-order valence-electron chi connectivity index (χ1n) is 12.3. The van der Waals surface area contributed by atoms with E-state index in [2.05, 4.69) is 11.7 Å².